The molecule has 0 aliphatic carbocycles. The number of hydrogen-bond donors (Lipinski definition) is 3. The van der Waals surface area contributed by atoms with E-state index in [1.54, 1.807) is 0 Å². The Morgan fingerprint density at radius 3 is 2.26 bits per heavy atom. The number of carboxylic acids is 1. The number of rotatable bonds is 15. The number of carboxylic acid groups (broad SMARTS) is 1. The summed E-state index contributed by atoms with van der Waals surface area (Å²) in [5.41, 5.74) is 5.05. The van der Waals surface area contributed by atoms with E-state index in [9.17, 15) is 15.0 Å². The van der Waals surface area contributed by atoms with Gasteiger partial charge in [0.2, 0.25) is 0 Å². The highest BCUT2D eigenvalue weighted by Gasteiger charge is 2.39. The van der Waals surface area contributed by atoms with E-state index in [1.165, 1.54) is 5.56 Å². The topological polar surface area (TPSA) is 88.0 Å². The molecular formula is C35H49NO5Si. The lowest BCUT2D eigenvalue weighted by atomic mass is 9.94. The zero-order chi connectivity index (χ0) is 30.9. The maximum atomic E-state index is 11.2. The molecule has 0 aliphatic rings. The van der Waals surface area contributed by atoms with Gasteiger partial charge in [0.25, 0.3) is 0 Å². The first-order chi connectivity index (χ1) is 19.8. The second kappa shape index (κ2) is 15.0. The molecule has 0 spiro atoms. The lowest BCUT2D eigenvalue weighted by Crippen LogP contribution is -2.44. The summed E-state index contributed by atoms with van der Waals surface area (Å²) in [6.45, 7) is 16.3. The summed E-state index contributed by atoms with van der Waals surface area (Å²) in [4.78, 5) is 11.2. The molecule has 0 amide bonds. The number of aliphatic hydroxyl groups excluding tert-OH is 1. The summed E-state index contributed by atoms with van der Waals surface area (Å²) in [5.74, 6) is -0.140. The highest BCUT2D eigenvalue weighted by Crippen LogP contribution is 2.40. The molecule has 228 valence electrons. The standard InChI is InChI=1S/C35H49NO5Si/c1-25(18-34(38)39)29-15-11-14-28(20-29)19-26(2)36-22-33(41-42(6,7)35(3,4)5)30-16-17-32(31(21-30)23-37)40-24-27-12-9-8-10-13-27/h8-17,20-21,25-26,33,36-37H,18-19,22-24H2,1-7H3,(H,38,39)/t25?,26-,33-/m1/s1. The molecule has 0 radical (unpaired) electrons. The third-order valence-electron chi connectivity index (χ3n) is 8.30. The molecule has 0 fully saturated rings. The van der Waals surface area contributed by atoms with Crippen molar-refractivity contribution in [1.82, 2.24) is 5.32 Å². The molecule has 42 heavy (non-hydrogen) atoms. The number of ether oxygens (including phenoxy) is 1. The Bertz CT molecular complexity index is 1290. The van der Waals surface area contributed by atoms with Crippen molar-refractivity contribution in [1.29, 1.82) is 0 Å². The zero-order valence-electron chi connectivity index (χ0n) is 26.3. The number of aliphatic hydroxyl groups is 1. The van der Waals surface area contributed by atoms with Gasteiger partial charge in [-0.15, -0.1) is 0 Å². The van der Waals surface area contributed by atoms with E-state index >= 15 is 0 Å². The Morgan fingerprint density at radius 2 is 1.62 bits per heavy atom. The molecule has 1 unspecified atom stereocenters. The van der Waals surface area contributed by atoms with Crippen molar-refractivity contribution in [3.8, 4) is 5.75 Å². The summed E-state index contributed by atoms with van der Waals surface area (Å²) in [5, 5.41) is 23.1. The van der Waals surface area contributed by atoms with Gasteiger partial charge >= 0.3 is 5.97 Å². The largest absolute Gasteiger partial charge is 0.489 e. The maximum absolute atomic E-state index is 11.2. The van der Waals surface area contributed by atoms with Crippen LogP contribution in [0.1, 0.15) is 80.9 Å². The number of benzene rings is 3. The molecule has 0 heterocycles. The fourth-order valence-electron chi connectivity index (χ4n) is 4.70. The highest BCUT2D eigenvalue weighted by molar-refractivity contribution is 6.74. The van der Waals surface area contributed by atoms with Crippen LogP contribution in [0, 0.1) is 0 Å². The van der Waals surface area contributed by atoms with Crippen LogP contribution in [0.3, 0.4) is 0 Å². The van der Waals surface area contributed by atoms with Crippen LogP contribution in [0.5, 0.6) is 5.75 Å². The molecule has 0 saturated carbocycles. The Kier molecular flexibility index (Phi) is 11.9. The lowest BCUT2D eigenvalue weighted by Gasteiger charge is -2.40. The Hall–Kier alpha value is -2.97. The molecule has 0 bridgehead atoms. The fourth-order valence-corrected chi connectivity index (χ4v) is 5.98. The molecule has 0 aromatic heterocycles. The smallest absolute Gasteiger partial charge is 0.303 e. The van der Waals surface area contributed by atoms with Crippen LogP contribution in [-0.4, -0.2) is 37.1 Å². The molecule has 3 atom stereocenters. The van der Waals surface area contributed by atoms with Crippen LogP contribution in [0.15, 0.2) is 72.8 Å². The Balaban J connectivity index is 1.76. The van der Waals surface area contributed by atoms with Gasteiger partial charge in [-0.05, 0) is 71.8 Å². The van der Waals surface area contributed by atoms with Crippen molar-refractivity contribution in [3.05, 3.63) is 101 Å². The van der Waals surface area contributed by atoms with Crippen molar-refractivity contribution in [3.63, 3.8) is 0 Å². The third-order valence-corrected chi connectivity index (χ3v) is 12.8. The number of aliphatic carboxylic acids is 1. The Morgan fingerprint density at radius 1 is 0.929 bits per heavy atom. The van der Waals surface area contributed by atoms with Gasteiger partial charge < -0.3 is 24.7 Å². The third kappa shape index (κ3) is 9.80. The van der Waals surface area contributed by atoms with Crippen molar-refractivity contribution >= 4 is 14.3 Å². The normalized spacial score (nSPS) is 14.3. The predicted molar refractivity (Wildman–Crippen MR) is 172 cm³/mol. The predicted octanol–water partition coefficient (Wildman–Crippen LogP) is 7.62. The van der Waals surface area contributed by atoms with E-state index in [-0.39, 0.29) is 36.1 Å². The van der Waals surface area contributed by atoms with Crippen molar-refractivity contribution in [2.24, 2.45) is 0 Å². The zero-order valence-corrected chi connectivity index (χ0v) is 27.3. The van der Waals surface area contributed by atoms with Crippen LogP contribution < -0.4 is 10.1 Å². The van der Waals surface area contributed by atoms with Gasteiger partial charge in [-0.3, -0.25) is 4.79 Å². The molecule has 3 aromatic carbocycles. The first-order valence-corrected chi connectivity index (χ1v) is 17.8. The monoisotopic (exact) mass is 591 g/mol. The quantitative estimate of drug-likeness (QED) is 0.158. The molecule has 7 heteroatoms. The summed E-state index contributed by atoms with van der Waals surface area (Å²) < 4.78 is 13.0. The lowest BCUT2D eigenvalue weighted by molar-refractivity contribution is -0.137. The van der Waals surface area contributed by atoms with Gasteiger partial charge in [-0.25, -0.2) is 0 Å². The van der Waals surface area contributed by atoms with Gasteiger partial charge in [-0.1, -0.05) is 88.4 Å². The second-order valence-electron chi connectivity index (χ2n) is 12.9. The first-order valence-electron chi connectivity index (χ1n) is 14.9. The van der Waals surface area contributed by atoms with E-state index in [4.69, 9.17) is 9.16 Å². The number of hydrogen-bond acceptors (Lipinski definition) is 5. The number of carbonyl (C=O) groups is 1. The molecule has 3 aromatic rings. The van der Waals surface area contributed by atoms with Crippen LogP contribution >= 0.6 is 0 Å². The average molecular weight is 592 g/mol. The van der Waals surface area contributed by atoms with Crippen LogP contribution in [0.25, 0.3) is 0 Å². The fraction of sp³-hybridized carbons (Fsp3) is 0.457. The van der Waals surface area contributed by atoms with Crippen LogP contribution in [0.4, 0.5) is 0 Å². The second-order valence-corrected chi connectivity index (χ2v) is 17.7. The van der Waals surface area contributed by atoms with Crippen molar-refractivity contribution in [2.75, 3.05) is 6.54 Å². The first kappa shape index (κ1) is 33.5. The van der Waals surface area contributed by atoms with Gasteiger partial charge in [0.1, 0.15) is 12.4 Å². The Labute approximate surface area is 253 Å². The minimum Gasteiger partial charge on any atom is -0.489 e. The van der Waals surface area contributed by atoms with Gasteiger partial charge in [0.05, 0.1) is 19.1 Å². The van der Waals surface area contributed by atoms with Crippen LogP contribution in [0.2, 0.25) is 18.1 Å². The average Bonchev–Trinajstić information content (AvgIpc) is 2.93. The summed E-state index contributed by atoms with van der Waals surface area (Å²) >= 11 is 0. The maximum Gasteiger partial charge on any atom is 0.303 e. The summed E-state index contributed by atoms with van der Waals surface area (Å²) in [6.07, 6.45) is 0.744. The molecule has 6 nitrogen and oxygen atoms in total. The van der Waals surface area contributed by atoms with Crippen LogP contribution in [-0.2, 0) is 28.9 Å². The summed E-state index contributed by atoms with van der Waals surface area (Å²) in [7, 11) is -2.11. The van der Waals surface area contributed by atoms with E-state index in [2.05, 4.69) is 64.3 Å². The highest BCUT2D eigenvalue weighted by atomic mass is 28.4. The van der Waals surface area contributed by atoms with Gasteiger partial charge in [0.15, 0.2) is 8.32 Å². The van der Waals surface area contributed by atoms with Gasteiger partial charge in [0, 0.05) is 18.2 Å². The molecule has 3 N–H and O–H groups in total. The van der Waals surface area contributed by atoms with Gasteiger partial charge in [-0.2, -0.15) is 0 Å². The molecule has 0 saturated heterocycles. The van der Waals surface area contributed by atoms with E-state index < -0.39 is 14.3 Å². The minimum absolute atomic E-state index is 0.0338. The molecular weight excluding hydrogens is 542 g/mol. The molecule has 3 rings (SSSR count). The van der Waals surface area contributed by atoms with Crippen molar-refractivity contribution in [2.45, 2.75) is 96.9 Å². The summed E-state index contributed by atoms with van der Waals surface area (Å²) in [6, 6.07) is 24.4. The van der Waals surface area contributed by atoms with E-state index in [0.29, 0.717) is 18.9 Å². The number of nitrogens with one attached hydrogen (secondary N) is 1. The van der Waals surface area contributed by atoms with Crippen molar-refractivity contribution < 1.29 is 24.2 Å². The SMILES string of the molecule is CC(CC(=O)O)c1cccc(C[C@@H](C)NC[C@@H](O[Si](C)(C)C(C)(C)C)c2ccc(OCc3ccccc3)c(CO)c2)c1. The van der Waals surface area contributed by atoms with E-state index in [0.717, 1.165) is 28.7 Å². The molecule has 0 aliphatic heterocycles. The van der Waals surface area contributed by atoms with E-state index in [1.807, 2.05) is 61.5 Å². The minimum atomic E-state index is -2.11.